The van der Waals surface area contributed by atoms with Gasteiger partial charge in [0, 0.05) is 5.56 Å². The van der Waals surface area contributed by atoms with Gasteiger partial charge in [0.25, 0.3) is 11.5 Å². The average Bonchev–Trinajstić information content (AvgIpc) is 2.84. The predicted octanol–water partition coefficient (Wildman–Crippen LogP) is 3.63. The lowest BCUT2D eigenvalue weighted by atomic mass is 10.1. The van der Waals surface area contributed by atoms with Crippen molar-refractivity contribution in [3.05, 3.63) is 99.8 Å². The van der Waals surface area contributed by atoms with E-state index in [2.05, 4.69) is 15.5 Å². The van der Waals surface area contributed by atoms with Crippen molar-refractivity contribution < 1.29 is 14.7 Å². The molecule has 0 saturated carbocycles. The second-order valence-corrected chi connectivity index (χ2v) is 8.30. The molecule has 0 radical (unpaired) electrons. The summed E-state index contributed by atoms with van der Waals surface area (Å²) in [7, 11) is 0. The Morgan fingerprint density at radius 2 is 1.76 bits per heavy atom. The summed E-state index contributed by atoms with van der Waals surface area (Å²) in [6.45, 7) is 1.96. The van der Waals surface area contributed by atoms with Crippen LogP contribution in [-0.2, 0) is 4.79 Å². The van der Waals surface area contributed by atoms with Crippen LogP contribution in [0.15, 0.2) is 87.8 Å². The second kappa shape index (κ2) is 10.1. The molecule has 9 heteroatoms. The highest BCUT2D eigenvalue weighted by atomic mass is 32.2. The van der Waals surface area contributed by atoms with E-state index in [0.717, 1.165) is 17.3 Å². The molecule has 0 spiro atoms. The van der Waals surface area contributed by atoms with Gasteiger partial charge in [0.05, 0.1) is 34.1 Å². The SMILES string of the molecule is Cc1ccc(-n2c(SCC(=O)N/N=C/c3ccccc3C(=O)O)nc3ccccc3c2=O)cc1. The molecule has 4 rings (SSSR count). The molecule has 34 heavy (non-hydrogen) atoms. The summed E-state index contributed by atoms with van der Waals surface area (Å²) in [6, 6.07) is 20.9. The Morgan fingerprint density at radius 3 is 2.53 bits per heavy atom. The molecule has 0 aliphatic heterocycles. The lowest BCUT2D eigenvalue weighted by Crippen LogP contribution is -2.24. The fourth-order valence-electron chi connectivity index (χ4n) is 3.27. The first-order valence-electron chi connectivity index (χ1n) is 10.3. The van der Waals surface area contributed by atoms with Crippen molar-refractivity contribution in [1.29, 1.82) is 0 Å². The van der Waals surface area contributed by atoms with E-state index < -0.39 is 11.9 Å². The number of carbonyl (C=O) groups is 2. The first kappa shape index (κ1) is 22.9. The van der Waals surface area contributed by atoms with Crippen molar-refractivity contribution in [3.63, 3.8) is 0 Å². The van der Waals surface area contributed by atoms with E-state index >= 15 is 0 Å². The third-order valence-corrected chi connectivity index (χ3v) is 5.89. The molecular formula is C25H20N4O4S. The van der Waals surface area contributed by atoms with Crippen LogP contribution < -0.4 is 11.0 Å². The topological polar surface area (TPSA) is 114 Å². The highest BCUT2D eigenvalue weighted by Gasteiger charge is 2.15. The summed E-state index contributed by atoms with van der Waals surface area (Å²) in [5, 5.41) is 14.0. The molecule has 8 nitrogen and oxygen atoms in total. The highest BCUT2D eigenvalue weighted by molar-refractivity contribution is 7.99. The molecular weight excluding hydrogens is 452 g/mol. The van der Waals surface area contributed by atoms with E-state index in [4.69, 9.17) is 0 Å². The van der Waals surface area contributed by atoms with Crippen molar-refractivity contribution in [1.82, 2.24) is 15.0 Å². The predicted molar refractivity (Wildman–Crippen MR) is 132 cm³/mol. The lowest BCUT2D eigenvalue weighted by Gasteiger charge is -2.13. The monoisotopic (exact) mass is 472 g/mol. The van der Waals surface area contributed by atoms with Gasteiger partial charge in [-0.05, 0) is 37.3 Å². The van der Waals surface area contributed by atoms with Gasteiger partial charge in [0.15, 0.2) is 5.16 Å². The number of para-hydroxylation sites is 1. The van der Waals surface area contributed by atoms with Crippen LogP contribution in [0.25, 0.3) is 16.6 Å². The first-order chi connectivity index (χ1) is 16.4. The third-order valence-electron chi connectivity index (χ3n) is 4.95. The number of nitrogens with one attached hydrogen (secondary N) is 1. The Labute approximate surface area is 199 Å². The van der Waals surface area contributed by atoms with Gasteiger partial charge in [-0.3, -0.25) is 14.2 Å². The van der Waals surface area contributed by atoms with Gasteiger partial charge in [0.1, 0.15) is 0 Å². The number of nitrogens with zero attached hydrogens (tertiary/aromatic N) is 3. The maximum Gasteiger partial charge on any atom is 0.336 e. The van der Waals surface area contributed by atoms with Crippen LogP contribution >= 0.6 is 11.8 Å². The molecule has 1 heterocycles. The van der Waals surface area contributed by atoms with E-state index in [1.165, 1.54) is 16.8 Å². The van der Waals surface area contributed by atoms with Crippen LogP contribution in [0.5, 0.6) is 0 Å². The summed E-state index contributed by atoms with van der Waals surface area (Å²) >= 11 is 1.11. The van der Waals surface area contributed by atoms with E-state index in [1.54, 1.807) is 42.5 Å². The fraction of sp³-hybridized carbons (Fsp3) is 0.0800. The smallest absolute Gasteiger partial charge is 0.336 e. The molecule has 0 atom stereocenters. The number of carboxylic acid groups (broad SMARTS) is 1. The van der Waals surface area contributed by atoms with E-state index in [0.29, 0.717) is 27.3 Å². The van der Waals surface area contributed by atoms with Gasteiger partial charge in [-0.1, -0.05) is 59.8 Å². The number of aromatic nitrogens is 2. The average molecular weight is 473 g/mol. The number of aryl methyl sites for hydroxylation is 1. The van der Waals surface area contributed by atoms with Crippen molar-refractivity contribution in [2.75, 3.05) is 5.75 Å². The molecule has 1 amide bonds. The number of thioether (sulfide) groups is 1. The van der Waals surface area contributed by atoms with Gasteiger partial charge < -0.3 is 5.11 Å². The Kier molecular flexibility index (Phi) is 6.84. The molecule has 0 aliphatic carbocycles. The molecule has 2 N–H and O–H groups in total. The molecule has 170 valence electrons. The van der Waals surface area contributed by atoms with Gasteiger partial charge in [0.2, 0.25) is 0 Å². The zero-order valence-corrected chi connectivity index (χ0v) is 19.0. The van der Waals surface area contributed by atoms with Crippen LogP contribution in [0.2, 0.25) is 0 Å². The van der Waals surface area contributed by atoms with Crippen LogP contribution in [0.1, 0.15) is 21.5 Å². The standard InChI is InChI=1S/C25H20N4O4S/c1-16-10-12-18(13-11-16)29-23(31)20-8-4-5-9-21(20)27-25(29)34-15-22(30)28-26-14-17-6-2-3-7-19(17)24(32)33/h2-14H,15H2,1H3,(H,28,30)(H,32,33)/b26-14+. The summed E-state index contributed by atoms with van der Waals surface area (Å²) < 4.78 is 1.49. The maximum absolute atomic E-state index is 13.2. The Balaban J connectivity index is 1.56. The van der Waals surface area contributed by atoms with Crippen molar-refractivity contribution in [2.24, 2.45) is 5.10 Å². The number of hydrazone groups is 1. The molecule has 0 fully saturated rings. The number of carbonyl (C=O) groups excluding carboxylic acids is 1. The quantitative estimate of drug-likeness (QED) is 0.184. The van der Waals surface area contributed by atoms with Crippen LogP contribution in [0, 0.1) is 6.92 Å². The lowest BCUT2D eigenvalue weighted by molar-refractivity contribution is -0.118. The fourth-order valence-corrected chi connectivity index (χ4v) is 4.08. The summed E-state index contributed by atoms with van der Waals surface area (Å²) in [5.74, 6) is -1.55. The zero-order valence-electron chi connectivity index (χ0n) is 18.1. The van der Waals surface area contributed by atoms with E-state index in [1.807, 2.05) is 31.2 Å². The second-order valence-electron chi connectivity index (χ2n) is 7.36. The van der Waals surface area contributed by atoms with E-state index in [-0.39, 0.29) is 16.9 Å². The normalized spacial score (nSPS) is 11.1. The number of benzene rings is 3. The Hall–Kier alpha value is -4.24. The molecule has 4 aromatic rings. The molecule has 0 bridgehead atoms. The van der Waals surface area contributed by atoms with Crippen LogP contribution in [0.4, 0.5) is 0 Å². The Morgan fingerprint density at radius 1 is 1.06 bits per heavy atom. The molecule has 0 saturated heterocycles. The summed E-state index contributed by atoms with van der Waals surface area (Å²) in [5.41, 5.74) is 4.87. The molecule has 3 aromatic carbocycles. The zero-order chi connectivity index (χ0) is 24.1. The summed E-state index contributed by atoms with van der Waals surface area (Å²) in [4.78, 5) is 41.5. The van der Waals surface area contributed by atoms with Crippen molar-refractivity contribution in [2.45, 2.75) is 12.1 Å². The third kappa shape index (κ3) is 5.05. The molecule has 0 aliphatic rings. The van der Waals surface area contributed by atoms with Crippen LogP contribution in [0.3, 0.4) is 0 Å². The van der Waals surface area contributed by atoms with Gasteiger partial charge >= 0.3 is 5.97 Å². The first-order valence-corrected chi connectivity index (χ1v) is 11.3. The van der Waals surface area contributed by atoms with Crippen molar-refractivity contribution in [3.8, 4) is 5.69 Å². The largest absolute Gasteiger partial charge is 0.478 e. The number of hydrogen-bond donors (Lipinski definition) is 2. The molecule has 0 unspecified atom stereocenters. The highest BCUT2D eigenvalue weighted by Crippen LogP contribution is 2.21. The minimum atomic E-state index is -1.08. The maximum atomic E-state index is 13.2. The molecule has 1 aromatic heterocycles. The number of hydrogen-bond acceptors (Lipinski definition) is 6. The number of fused-ring (bicyclic) bond motifs is 1. The number of aromatic carboxylic acids is 1. The summed E-state index contributed by atoms with van der Waals surface area (Å²) in [6.07, 6.45) is 1.28. The number of rotatable bonds is 7. The van der Waals surface area contributed by atoms with E-state index in [9.17, 15) is 19.5 Å². The minimum Gasteiger partial charge on any atom is -0.478 e. The number of carboxylic acids is 1. The van der Waals surface area contributed by atoms with Gasteiger partial charge in [-0.25, -0.2) is 15.2 Å². The minimum absolute atomic E-state index is 0.0471. The van der Waals surface area contributed by atoms with Crippen molar-refractivity contribution >= 4 is 40.8 Å². The number of amides is 1. The van der Waals surface area contributed by atoms with Gasteiger partial charge in [-0.15, -0.1) is 0 Å². The Bertz CT molecular complexity index is 1460. The van der Waals surface area contributed by atoms with Gasteiger partial charge in [-0.2, -0.15) is 5.10 Å². The van der Waals surface area contributed by atoms with Crippen LogP contribution in [-0.4, -0.2) is 38.5 Å².